The number of thioether (sulfide) groups is 2. The maximum Gasteiger partial charge on any atom is 0.135 e. The fourth-order valence-electron chi connectivity index (χ4n) is 9.24. The third-order valence-corrected chi connectivity index (χ3v) is 15.7. The minimum Gasteiger partial charge on any atom is -0.497 e. The SMILES string of the molecule is COCCN1CCN(c2nc(SCCc3ccc(OC)cc3)c(C#N)c3c2COC(C)(C)C3)CC1.COCCN1CCN(c2nc(SCCc3cccc(Br)c3)c(C#N)c3c2COC(C)(C)C3)CC1. The first-order chi connectivity index (χ1) is 33.3. The largest absolute Gasteiger partial charge is 0.497 e. The van der Waals surface area contributed by atoms with Gasteiger partial charge in [-0.05, 0) is 87.1 Å². The van der Waals surface area contributed by atoms with E-state index in [0.717, 1.165) is 181 Å². The van der Waals surface area contributed by atoms with Gasteiger partial charge in [0.2, 0.25) is 0 Å². The van der Waals surface area contributed by atoms with Crippen molar-refractivity contribution in [1.29, 1.82) is 10.5 Å². The first-order valence-electron chi connectivity index (χ1n) is 24.1. The van der Waals surface area contributed by atoms with Gasteiger partial charge in [-0.15, -0.1) is 23.5 Å². The number of halogens is 1. The lowest BCUT2D eigenvalue weighted by atomic mass is 9.89. The number of pyridine rings is 2. The predicted molar refractivity (Wildman–Crippen MR) is 280 cm³/mol. The Labute approximate surface area is 427 Å². The lowest BCUT2D eigenvalue weighted by Gasteiger charge is -2.39. The summed E-state index contributed by atoms with van der Waals surface area (Å²) < 4.78 is 29.2. The molecule has 16 heteroatoms. The van der Waals surface area contributed by atoms with Gasteiger partial charge in [-0.3, -0.25) is 9.80 Å². The monoisotopic (exact) mass is 1040 g/mol. The van der Waals surface area contributed by atoms with Crippen LogP contribution < -0.4 is 14.5 Å². The van der Waals surface area contributed by atoms with Crippen molar-refractivity contribution in [1.82, 2.24) is 19.8 Å². The van der Waals surface area contributed by atoms with Crippen LogP contribution in [-0.2, 0) is 57.8 Å². The molecule has 2 fully saturated rings. The molecule has 2 aromatic carbocycles. The number of aromatic nitrogens is 2. The Kier molecular flexibility index (Phi) is 19.1. The highest BCUT2D eigenvalue weighted by Gasteiger charge is 2.36. The van der Waals surface area contributed by atoms with E-state index in [1.165, 1.54) is 11.1 Å². The first-order valence-corrected chi connectivity index (χ1v) is 26.9. The van der Waals surface area contributed by atoms with Crippen LogP contribution >= 0.6 is 39.5 Å². The summed E-state index contributed by atoms with van der Waals surface area (Å²) in [6.45, 7) is 20.4. The molecule has 0 radical (unpaired) electrons. The van der Waals surface area contributed by atoms with Gasteiger partial charge in [-0.25, -0.2) is 9.97 Å². The van der Waals surface area contributed by atoms with Crippen LogP contribution in [0.15, 0.2) is 63.1 Å². The smallest absolute Gasteiger partial charge is 0.135 e. The van der Waals surface area contributed by atoms with Gasteiger partial charge in [-0.2, -0.15) is 10.5 Å². The zero-order valence-electron chi connectivity index (χ0n) is 41.6. The lowest BCUT2D eigenvalue weighted by molar-refractivity contribution is -0.0405. The minimum absolute atomic E-state index is 0.283. The van der Waals surface area contributed by atoms with E-state index in [2.05, 4.69) is 106 Å². The van der Waals surface area contributed by atoms with Crippen molar-refractivity contribution in [3.63, 3.8) is 0 Å². The number of rotatable bonds is 17. The zero-order valence-corrected chi connectivity index (χ0v) is 44.8. The van der Waals surface area contributed by atoms with Crippen LogP contribution in [0.2, 0.25) is 0 Å². The van der Waals surface area contributed by atoms with E-state index in [4.69, 9.17) is 33.7 Å². The molecule has 4 aromatic rings. The number of anilines is 2. The summed E-state index contributed by atoms with van der Waals surface area (Å²) in [5, 5.41) is 22.0. The molecule has 4 aliphatic heterocycles. The summed E-state index contributed by atoms with van der Waals surface area (Å²) in [5.41, 5.74) is 7.82. The van der Waals surface area contributed by atoms with Crippen molar-refractivity contribution in [2.75, 3.05) is 121 Å². The molecule has 13 nitrogen and oxygen atoms in total. The number of fused-ring (bicyclic) bond motifs is 2. The second-order valence-electron chi connectivity index (χ2n) is 19.1. The number of nitrogens with zero attached hydrogens (tertiary/aromatic N) is 8. The standard InChI is InChI=1S/C27H36N4O3S.C26H33BrN4O2S/c1-27(2)17-22-23(18-28)26(35-16-9-20-5-7-21(33-4)8-6-20)29-25(24(22)19-34-27)31-12-10-30(11-13-31)14-15-32-3;1-26(2)16-21-22(17-28)25(34-14-7-19-5-4-6-20(27)15-19)29-24(23(21)18-33-26)31-10-8-30(9-11-31)12-13-32-3/h5-8H,9-17,19H2,1-4H3;4-6,15H,7-14,16,18H2,1-3H3. The fraction of sp³-hybridized carbons (Fsp3) is 0.547. The van der Waals surface area contributed by atoms with E-state index in [1.807, 2.05) is 18.2 Å². The molecule has 370 valence electrons. The molecule has 0 aliphatic carbocycles. The summed E-state index contributed by atoms with van der Waals surface area (Å²) in [6, 6.07) is 21.6. The first kappa shape index (κ1) is 52.9. The van der Waals surface area contributed by atoms with E-state index in [9.17, 15) is 10.5 Å². The van der Waals surface area contributed by atoms with E-state index >= 15 is 0 Å². The van der Waals surface area contributed by atoms with Gasteiger partial charge in [-0.1, -0.05) is 40.2 Å². The molecular formula is C53H69BrN8O5S2. The summed E-state index contributed by atoms with van der Waals surface area (Å²) in [5.74, 6) is 4.59. The normalized spacial score (nSPS) is 17.8. The number of hydrogen-bond donors (Lipinski definition) is 0. The Hall–Kier alpha value is -3.94. The Morgan fingerprint density at radius 1 is 0.638 bits per heavy atom. The zero-order chi connectivity index (χ0) is 49.0. The van der Waals surface area contributed by atoms with Gasteiger partial charge >= 0.3 is 0 Å². The van der Waals surface area contributed by atoms with Crippen molar-refractivity contribution in [2.45, 2.75) is 87.8 Å². The molecule has 4 aliphatic rings. The average molecular weight is 1040 g/mol. The number of piperazine rings is 2. The van der Waals surface area contributed by atoms with Crippen LogP contribution in [0, 0.1) is 22.7 Å². The Morgan fingerprint density at radius 3 is 1.52 bits per heavy atom. The molecule has 69 heavy (non-hydrogen) atoms. The summed E-state index contributed by atoms with van der Waals surface area (Å²) in [7, 11) is 5.18. The van der Waals surface area contributed by atoms with Crippen molar-refractivity contribution in [2.24, 2.45) is 0 Å². The minimum atomic E-state index is -0.291. The predicted octanol–water partition coefficient (Wildman–Crippen LogP) is 8.59. The number of ether oxygens (including phenoxy) is 5. The van der Waals surface area contributed by atoms with Crippen molar-refractivity contribution < 1.29 is 23.7 Å². The Morgan fingerprint density at radius 2 is 1.10 bits per heavy atom. The maximum absolute atomic E-state index is 10.1. The van der Waals surface area contributed by atoms with E-state index in [-0.39, 0.29) is 11.2 Å². The van der Waals surface area contributed by atoms with Crippen LogP contribution in [0.5, 0.6) is 5.75 Å². The highest BCUT2D eigenvalue weighted by Crippen LogP contribution is 2.41. The molecular weight excluding hydrogens is 973 g/mol. The highest BCUT2D eigenvalue weighted by atomic mass is 79.9. The lowest BCUT2D eigenvalue weighted by Crippen LogP contribution is -2.48. The van der Waals surface area contributed by atoms with Gasteiger partial charge < -0.3 is 33.5 Å². The van der Waals surface area contributed by atoms with Gasteiger partial charge in [0, 0.05) is 120 Å². The van der Waals surface area contributed by atoms with Crippen molar-refractivity contribution in [3.05, 3.63) is 97.5 Å². The molecule has 0 unspecified atom stereocenters. The molecule has 0 bridgehead atoms. The van der Waals surface area contributed by atoms with Crippen molar-refractivity contribution in [3.8, 4) is 17.9 Å². The van der Waals surface area contributed by atoms with E-state index < -0.39 is 0 Å². The third kappa shape index (κ3) is 14.1. The number of nitriles is 2. The Bertz CT molecular complexity index is 2430. The van der Waals surface area contributed by atoms with Gasteiger partial charge in [0.1, 0.15) is 39.6 Å². The van der Waals surface area contributed by atoms with Crippen LogP contribution in [-0.4, -0.2) is 142 Å². The summed E-state index contributed by atoms with van der Waals surface area (Å²) in [6.07, 6.45) is 3.28. The highest BCUT2D eigenvalue weighted by molar-refractivity contribution is 9.10. The maximum atomic E-state index is 10.1. The molecule has 6 heterocycles. The number of aryl methyl sites for hydroxylation is 2. The molecule has 0 atom stereocenters. The molecule has 2 aromatic heterocycles. The van der Waals surface area contributed by atoms with Crippen LogP contribution in [0.25, 0.3) is 0 Å². The quantitative estimate of drug-likeness (QED) is 0.0935. The summed E-state index contributed by atoms with van der Waals surface area (Å²) >= 11 is 6.93. The van der Waals surface area contributed by atoms with Crippen LogP contribution in [0.3, 0.4) is 0 Å². The van der Waals surface area contributed by atoms with Crippen LogP contribution in [0.1, 0.15) is 72.2 Å². The van der Waals surface area contributed by atoms with E-state index in [1.54, 1.807) is 44.9 Å². The average Bonchev–Trinajstić information content (AvgIpc) is 3.34. The van der Waals surface area contributed by atoms with Crippen molar-refractivity contribution >= 4 is 51.1 Å². The van der Waals surface area contributed by atoms with Gasteiger partial charge in [0.05, 0.1) is 55.9 Å². The number of benzene rings is 2. The Balaban J connectivity index is 0.000000204. The topological polar surface area (TPSA) is 132 Å². The molecule has 0 amide bonds. The van der Waals surface area contributed by atoms with Gasteiger partial charge in [0.15, 0.2) is 0 Å². The molecule has 0 saturated carbocycles. The second-order valence-corrected chi connectivity index (χ2v) is 22.2. The fourth-order valence-corrected chi connectivity index (χ4v) is 11.7. The number of methoxy groups -OCH3 is 3. The third-order valence-electron chi connectivity index (χ3n) is 13.2. The second kappa shape index (κ2) is 24.9. The molecule has 8 rings (SSSR count). The molecule has 2 saturated heterocycles. The summed E-state index contributed by atoms with van der Waals surface area (Å²) in [4.78, 5) is 19.8. The molecule has 0 N–H and O–H groups in total. The van der Waals surface area contributed by atoms with Crippen LogP contribution in [0.4, 0.5) is 11.6 Å². The van der Waals surface area contributed by atoms with E-state index in [0.29, 0.717) is 13.2 Å². The molecule has 0 spiro atoms. The number of hydrogen-bond acceptors (Lipinski definition) is 15. The van der Waals surface area contributed by atoms with Gasteiger partial charge in [0.25, 0.3) is 0 Å².